The van der Waals surface area contributed by atoms with Crippen molar-refractivity contribution in [2.45, 2.75) is 0 Å². The van der Waals surface area contributed by atoms with E-state index in [-0.39, 0.29) is 5.56 Å². The predicted molar refractivity (Wildman–Crippen MR) is 75.6 cm³/mol. The van der Waals surface area contributed by atoms with Gasteiger partial charge in [-0.2, -0.15) is 0 Å². The first-order chi connectivity index (χ1) is 9.81. The highest BCUT2D eigenvalue weighted by Gasteiger charge is 2.03. The van der Waals surface area contributed by atoms with E-state index in [9.17, 15) is 4.79 Å². The summed E-state index contributed by atoms with van der Waals surface area (Å²) in [6.45, 7) is 0. The van der Waals surface area contributed by atoms with Crippen molar-refractivity contribution in [3.05, 3.63) is 65.5 Å². The van der Waals surface area contributed by atoms with Gasteiger partial charge in [0.2, 0.25) is 11.5 Å². The predicted octanol–water partition coefficient (Wildman–Crippen LogP) is 1.97. The Morgan fingerprint density at radius 1 is 1.05 bits per heavy atom. The average Bonchev–Trinajstić information content (AvgIpc) is 2.49. The number of aromatic amines is 1. The molecule has 0 aromatic carbocycles. The zero-order chi connectivity index (χ0) is 13.8. The molecule has 0 spiro atoms. The van der Waals surface area contributed by atoms with Crippen molar-refractivity contribution in [2.75, 3.05) is 5.32 Å². The third-order valence-corrected chi connectivity index (χ3v) is 2.66. The molecule has 0 aliphatic rings. The molecule has 3 rings (SSSR count). The van der Waals surface area contributed by atoms with Crippen LogP contribution in [0.1, 0.15) is 0 Å². The number of pyridine rings is 2. The lowest BCUT2D eigenvalue weighted by molar-refractivity contribution is 1.16. The smallest absolute Gasteiger partial charge is 0.248 e. The zero-order valence-corrected chi connectivity index (χ0v) is 10.4. The van der Waals surface area contributed by atoms with Crippen molar-refractivity contribution in [2.24, 2.45) is 0 Å². The maximum absolute atomic E-state index is 11.3. The van der Waals surface area contributed by atoms with Gasteiger partial charge in [0.15, 0.2) is 0 Å². The Bertz CT molecular complexity index is 770. The van der Waals surface area contributed by atoms with Gasteiger partial charge in [-0.15, -0.1) is 0 Å². The quantitative estimate of drug-likeness (QED) is 0.756. The first-order valence-corrected chi connectivity index (χ1v) is 6.00. The van der Waals surface area contributed by atoms with Crippen LogP contribution in [0.15, 0.2) is 59.9 Å². The number of hydrogen-bond acceptors (Lipinski definition) is 5. The number of H-pyrrole nitrogens is 1. The average molecular weight is 265 g/mol. The van der Waals surface area contributed by atoms with E-state index >= 15 is 0 Å². The van der Waals surface area contributed by atoms with Crippen molar-refractivity contribution in [3.8, 4) is 11.3 Å². The van der Waals surface area contributed by atoms with Gasteiger partial charge in [-0.25, -0.2) is 9.97 Å². The molecule has 0 bridgehead atoms. The fourth-order valence-corrected chi connectivity index (χ4v) is 1.75. The van der Waals surface area contributed by atoms with Gasteiger partial charge in [0.25, 0.3) is 0 Å². The monoisotopic (exact) mass is 265 g/mol. The Morgan fingerprint density at radius 2 is 1.90 bits per heavy atom. The van der Waals surface area contributed by atoms with Crippen LogP contribution < -0.4 is 10.9 Å². The highest BCUT2D eigenvalue weighted by Crippen LogP contribution is 2.17. The molecule has 0 radical (unpaired) electrons. The molecule has 3 aromatic rings. The van der Waals surface area contributed by atoms with Crippen LogP contribution in [0.2, 0.25) is 0 Å². The van der Waals surface area contributed by atoms with E-state index in [1.54, 1.807) is 36.9 Å². The molecule has 0 aliphatic carbocycles. The standard InChI is InChI=1S/C14H11N5O/c20-13-9-10(1-7-16-13)12-4-8-17-14(19-12)18-11-2-5-15-6-3-11/h1-9H,(H,16,20)(H,15,17,18,19). The Labute approximate surface area is 114 Å². The van der Waals surface area contributed by atoms with Gasteiger partial charge >= 0.3 is 0 Å². The molecule has 0 aliphatic heterocycles. The number of rotatable bonds is 3. The van der Waals surface area contributed by atoms with E-state index in [1.807, 2.05) is 12.1 Å². The van der Waals surface area contributed by atoms with E-state index in [1.165, 1.54) is 6.07 Å². The van der Waals surface area contributed by atoms with Gasteiger partial charge in [-0.3, -0.25) is 9.78 Å². The minimum absolute atomic E-state index is 0.162. The lowest BCUT2D eigenvalue weighted by Crippen LogP contribution is -2.03. The van der Waals surface area contributed by atoms with Crippen LogP contribution in [0.5, 0.6) is 0 Å². The molecule has 3 aromatic heterocycles. The summed E-state index contributed by atoms with van der Waals surface area (Å²) in [7, 11) is 0. The molecule has 6 heteroatoms. The van der Waals surface area contributed by atoms with Crippen LogP contribution in [0.4, 0.5) is 11.6 Å². The second kappa shape index (κ2) is 5.31. The van der Waals surface area contributed by atoms with E-state index < -0.39 is 0 Å². The summed E-state index contributed by atoms with van der Waals surface area (Å²) in [4.78, 5) is 26.4. The largest absolute Gasteiger partial charge is 0.329 e. The maximum atomic E-state index is 11.3. The summed E-state index contributed by atoms with van der Waals surface area (Å²) in [5.41, 5.74) is 2.12. The summed E-state index contributed by atoms with van der Waals surface area (Å²) in [6, 6.07) is 8.69. The van der Waals surface area contributed by atoms with Crippen LogP contribution in [-0.2, 0) is 0 Å². The summed E-state index contributed by atoms with van der Waals surface area (Å²) in [6.07, 6.45) is 6.61. The summed E-state index contributed by atoms with van der Waals surface area (Å²) >= 11 is 0. The second-order valence-electron chi connectivity index (χ2n) is 4.07. The zero-order valence-electron chi connectivity index (χ0n) is 10.4. The van der Waals surface area contributed by atoms with Crippen LogP contribution in [0.3, 0.4) is 0 Å². The van der Waals surface area contributed by atoms with E-state index in [0.717, 1.165) is 11.3 Å². The first kappa shape index (κ1) is 12.0. The first-order valence-electron chi connectivity index (χ1n) is 6.00. The van der Waals surface area contributed by atoms with E-state index in [0.29, 0.717) is 11.6 Å². The fraction of sp³-hybridized carbons (Fsp3) is 0. The molecule has 0 atom stereocenters. The molecular formula is C14H11N5O. The Morgan fingerprint density at radius 3 is 2.70 bits per heavy atom. The number of nitrogens with one attached hydrogen (secondary N) is 2. The van der Waals surface area contributed by atoms with E-state index in [2.05, 4.69) is 25.3 Å². The van der Waals surface area contributed by atoms with Crippen molar-refractivity contribution >= 4 is 11.6 Å². The molecular weight excluding hydrogens is 254 g/mol. The Kier molecular flexibility index (Phi) is 3.20. The highest BCUT2D eigenvalue weighted by molar-refractivity contribution is 5.61. The van der Waals surface area contributed by atoms with Gasteiger partial charge in [0.1, 0.15) is 0 Å². The third kappa shape index (κ3) is 2.69. The van der Waals surface area contributed by atoms with Crippen molar-refractivity contribution in [1.29, 1.82) is 0 Å². The third-order valence-electron chi connectivity index (χ3n) is 2.66. The second-order valence-corrected chi connectivity index (χ2v) is 4.07. The highest BCUT2D eigenvalue weighted by atomic mass is 16.1. The number of aromatic nitrogens is 4. The molecule has 0 unspecified atom stereocenters. The number of hydrogen-bond donors (Lipinski definition) is 2. The van der Waals surface area contributed by atoms with Crippen LogP contribution in [0, 0.1) is 0 Å². The Hall–Kier alpha value is -3.02. The van der Waals surface area contributed by atoms with Gasteiger partial charge in [-0.1, -0.05) is 0 Å². The molecule has 2 N–H and O–H groups in total. The topological polar surface area (TPSA) is 83.6 Å². The Balaban J connectivity index is 1.92. The molecule has 98 valence electrons. The SMILES string of the molecule is O=c1cc(-c2ccnc(Nc3ccncc3)n2)cc[nH]1. The number of anilines is 2. The lowest BCUT2D eigenvalue weighted by Gasteiger charge is -2.06. The minimum atomic E-state index is -0.162. The summed E-state index contributed by atoms with van der Waals surface area (Å²) < 4.78 is 0. The van der Waals surface area contributed by atoms with E-state index in [4.69, 9.17) is 0 Å². The molecule has 0 saturated heterocycles. The van der Waals surface area contributed by atoms with Crippen LogP contribution >= 0.6 is 0 Å². The number of nitrogens with zero attached hydrogens (tertiary/aromatic N) is 3. The van der Waals surface area contributed by atoms with Crippen molar-refractivity contribution in [1.82, 2.24) is 19.9 Å². The van der Waals surface area contributed by atoms with Gasteiger partial charge in [0, 0.05) is 42.1 Å². The summed E-state index contributed by atoms with van der Waals surface area (Å²) in [5.74, 6) is 0.467. The lowest BCUT2D eigenvalue weighted by atomic mass is 10.2. The molecule has 3 heterocycles. The van der Waals surface area contributed by atoms with Crippen LogP contribution in [0.25, 0.3) is 11.3 Å². The molecule has 6 nitrogen and oxygen atoms in total. The molecule has 0 fully saturated rings. The van der Waals surface area contributed by atoms with Crippen LogP contribution in [-0.4, -0.2) is 19.9 Å². The normalized spacial score (nSPS) is 10.2. The van der Waals surface area contributed by atoms with Crippen molar-refractivity contribution < 1.29 is 0 Å². The van der Waals surface area contributed by atoms with Crippen molar-refractivity contribution in [3.63, 3.8) is 0 Å². The fourth-order valence-electron chi connectivity index (χ4n) is 1.75. The molecule has 20 heavy (non-hydrogen) atoms. The minimum Gasteiger partial charge on any atom is -0.329 e. The molecule has 0 amide bonds. The van der Waals surface area contributed by atoms with Gasteiger partial charge < -0.3 is 10.3 Å². The van der Waals surface area contributed by atoms with Gasteiger partial charge in [0.05, 0.1) is 5.69 Å². The van der Waals surface area contributed by atoms with Gasteiger partial charge in [-0.05, 0) is 24.3 Å². The molecule has 0 saturated carbocycles. The summed E-state index contributed by atoms with van der Waals surface area (Å²) in [5, 5.41) is 3.08. The maximum Gasteiger partial charge on any atom is 0.248 e.